The van der Waals surface area contributed by atoms with Gasteiger partial charge in [0, 0.05) is 17.9 Å². The number of rotatable bonds is 5. The number of urea groups is 1. The van der Waals surface area contributed by atoms with E-state index in [1.807, 2.05) is 13.0 Å². The average molecular weight is 391 g/mol. The van der Waals surface area contributed by atoms with E-state index in [9.17, 15) is 17.6 Å². The van der Waals surface area contributed by atoms with Crippen LogP contribution in [-0.4, -0.2) is 26.7 Å². The van der Waals surface area contributed by atoms with E-state index in [4.69, 9.17) is 0 Å². The van der Waals surface area contributed by atoms with Crippen LogP contribution in [-0.2, 0) is 16.4 Å². The molecule has 0 aromatic heterocycles. The highest BCUT2D eigenvalue weighted by Crippen LogP contribution is 2.33. The number of benzene rings is 2. The van der Waals surface area contributed by atoms with Gasteiger partial charge >= 0.3 is 6.03 Å². The van der Waals surface area contributed by atoms with Crippen LogP contribution in [0, 0.1) is 12.7 Å². The van der Waals surface area contributed by atoms with Crippen molar-refractivity contribution in [2.75, 3.05) is 27.2 Å². The van der Waals surface area contributed by atoms with Gasteiger partial charge in [-0.05, 0) is 55.2 Å². The maximum absolute atomic E-state index is 13.6. The third-order valence-corrected chi connectivity index (χ3v) is 6.40. The van der Waals surface area contributed by atoms with E-state index in [2.05, 4.69) is 10.6 Å². The Morgan fingerprint density at radius 3 is 2.48 bits per heavy atom. The number of sulfonamides is 1. The molecule has 8 heteroatoms. The zero-order valence-corrected chi connectivity index (χ0v) is 16.1. The van der Waals surface area contributed by atoms with Gasteiger partial charge in [0.15, 0.2) is 0 Å². The smallest absolute Gasteiger partial charge is 0.308 e. The average Bonchev–Trinajstić information content (AvgIpc) is 3.02. The second-order valence-corrected chi connectivity index (χ2v) is 8.54. The van der Waals surface area contributed by atoms with Gasteiger partial charge in [0.2, 0.25) is 10.0 Å². The summed E-state index contributed by atoms with van der Waals surface area (Å²) in [6.07, 6.45) is 1.19. The van der Waals surface area contributed by atoms with Gasteiger partial charge < -0.3 is 10.6 Å². The maximum Gasteiger partial charge on any atom is 0.323 e. The molecule has 2 amide bonds. The third-order valence-electron chi connectivity index (χ3n) is 4.42. The summed E-state index contributed by atoms with van der Waals surface area (Å²) < 4.78 is 39.8. The molecule has 2 aromatic rings. The first-order valence-corrected chi connectivity index (χ1v) is 10.4. The van der Waals surface area contributed by atoms with Crippen LogP contribution in [0.2, 0.25) is 0 Å². The molecule has 2 aromatic carbocycles. The van der Waals surface area contributed by atoms with Crippen LogP contribution in [0.15, 0.2) is 36.4 Å². The Hall–Kier alpha value is -2.61. The van der Waals surface area contributed by atoms with Gasteiger partial charge in [0.05, 0.1) is 11.4 Å². The fourth-order valence-electron chi connectivity index (χ4n) is 3.05. The number of hydrogen-bond acceptors (Lipinski definition) is 3. The fourth-order valence-corrected chi connectivity index (χ4v) is 4.62. The molecule has 2 N–H and O–H groups in total. The van der Waals surface area contributed by atoms with E-state index in [0.29, 0.717) is 42.0 Å². The monoisotopic (exact) mass is 391 g/mol. The van der Waals surface area contributed by atoms with Crippen molar-refractivity contribution in [3.05, 3.63) is 53.3 Å². The first-order valence-electron chi connectivity index (χ1n) is 8.77. The largest absolute Gasteiger partial charge is 0.323 e. The topological polar surface area (TPSA) is 78.5 Å². The Morgan fingerprint density at radius 1 is 1.15 bits per heavy atom. The minimum atomic E-state index is -3.36. The molecule has 27 heavy (non-hydrogen) atoms. The summed E-state index contributed by atoms with van der Waals surface area (Å²) in [6.45, 7) is 3.88. The van der Waals surface area contributed by atoms with Gasteiger partial charge in [-0.25, -0.2) is 17.6 Å². The highest BCUT2D eigenvalue weighted by molar-refractivity contribution is 7.92. The van der Waals surface area contributed by atoms with Crippen molar-refractivity contribution in [3.63, 3.8) is 0 Å². The van der Waals surface area contributed by atoms with Crippen molar-refractivity contribution < 1.29 is 17.6 Å². The van der Waals surface area contributed by atoms with Crippen molar-refractivity contribution in [2.24, 2.45) is 0 Å². The summed E-state index contributed by atoms with van der Waals surface area (Å²) in [5.74, 6) is -0.314. The number of carbonyl (C=O) groups is 1. The second kappa shape index (κ2) is 7.56. The van der Waals surface area contributed by atoms with Gasteiger partial charge in [0.1, 0.15) is 5.82 Å². The van der Waals surface area contributed by atoms with Crippen LogP contribution >= 0.6 is 0 Å². The van der Waals surface area contributed by atoms with E-state index in [1.165, 1.54) is 10.4 Å². The summed E-state index contributed by atoms with van der Waals surface area (Å²) >= 11 is 0. The predicted octanol–water partition coefficient (Wildman–Crippen LogP) is 3.88. The Morgan fingerprint density at radius 2 is 1.81 bits per heavy atom. The molecular formula is C19H22FN3O3S. The van der Waals surface area contributed by atoms with Gasteiger partial charge in [-0.3, -0.25) is 4.31 Å². The SMILES string of the molecule is CCCS(=O)(=O)N1CCc2ccc(NC(=O)Nc3ccc(C)c(F)c3)cc21. The van der Waals surface area contributed by atoms with Crippen LogP contribution in [0.4, 0.5) is 26.2 Å². The number of fused-ring (bicyclic) bond motifs is 1. The molecule has 0 aliphatic carbocycles. The summed E-state index contributed by atoms with van der Waals surface area (Å²) in [7, 11) is -3.36. The highest BCUT2D eigenvalue weighted by atomic mass is 32.2. The first-order chi connectivity index (χ1) is 12.8. The minimum Gasteiger partial charge on any atom is -0.308 e. The molecule has 0 radical (unpaired) electrons. The van der Waals surface area contributed by atoms with Gasteiger partial charge in [-0.1, -0.05) is 19.1 Å². The number of carbonyl (C=O) groups excluding carboxylic acids is 1. The summed E-state index contributed by atoms with van der Waals surface area (Å²) in [5.41, 5.74) is 2.83. The lowest BCUT2D eigenvalue weighted by Crippen LogP contribution is -2.31. The molecule has 1 aliphatic rings. The minimum absolute atomic E-state index is 0.0869. The summed E-state index contributed by atoms with van der Waals surface area (Å²) in [5, 5.41) is 5.23. The fraction of sp³-hybridized carbons (Fsp3) is 0.316. The molecule has 1 aliphatic heterocycles. The van der Waals surface area contributed by atoms with Gasteiger partial charge in [-0.15, -0.1) is 0 Å². The number of hydrogen-bond donors (Lipinski definition) is 2. The Labute approximate surface area is 158 Å². The van der Waals surface area contributed by atoms with Crippen LogP contribution in [0.5, 0.6) is 0 Å². The zero-order chi connectivity index (χ0) is 19.6. The molecule has 3 rings (SSSR count). The van der Waals surface area contributed by atoms with Gasteiger partial charge in [0.25, 0.3) is 0 Å². The first kappa shape index (κ1) is 19.2. The van der Waals surface area contributed by atoms with E-state index >= 15 is 0 Å². The lowest BCUT2D eigenvalue weighted by molar-refractivity contribution is 0.262. The van der Waals surface area contributed by atoms with Crippen molar-refractivity contribution in [3.8, 4) is 0 Å². The van der Waals surface area contributed by atoms with Crippen molar-refractivity contribution in [1.82, 2.24) is 0 Å². The molecule has 0 saturated carbocycles. The number of amides is 2. The van der Waals surface area contributed by atoms with E-state index < -0.39 is 21.9 Å². The van der Waals surface area contributed by atoms with Crippen molar-refractivity contribution in [2.45, 2.75) is 26.7 Å². The van der Waals surface area contributed by atoms with Gasteiger partial charge in [-0.2, -0.15) is 0 Å². The van der Waals surface area contributed by atoms with Crippen LogP contribution < -0.4 is 14.9 Å². The molecule has 0 fully saturated rings. The molecule has 144 valence electrons. The second-order valence-electron chi connectivity index (χ2n) is 6.52. The standard InChI is InChI=1S/C19H22FN3O3S/c1-3-10-27(25,26)23-9-8-14-5-7-16(12-18(14)23)22-19(24)21-15-6-4-13(2)17(20)11-15/h4-7,11-12H,3,8-10H2,1-2H3,(H2,21,22,24). The van der Waals surface area contributed by atoms with E-state index in [0.717, 1.165) is 5.56 Å². The predicted molar refractivity (Wildman–Crippen MR) is 105 cm³/mol. The van der Waals surface area contributed by atoms with Crippen LogP contribution in [0.3, 0.4) is 0 Å². The molecule has 0 bridgehead atoms. The van der Waals surface area contributed by atoms with E-state index in [1.54, 1.807) is 31.2 Å². The molecule has 0 spiro atoms. The Balaban J connectivity index is 1.75. The number of halogens is 1. The quantitative estimate of drug-likeness (QED) is 0.812. The summed E-state index contributed by atoms with van der Waals surface area (Å²) in [4.78, 5) is 12.2. The number of anilines is 3. The van der Waals surface area contributed by atoms with Crippen molar-refractivity contribution >= 4 is 33.1 Å². The highest BCUT2D eigenvalue weighted by Gasteiger charge is 2.29. The molecule has 0 saturated heterocycles. The summed E-state index contributed by atoms with van der Waals surface area (Å²) in [6, 6.07) is 9.11. The lowest BCUT2D eigenvalue weighted by Gasteiger charge is -2.19. The zero-order valence-electron chi connectivity index (χ0n) is 15.3. The van der Waals surface area contributed by atoms with Crippen LogP contribution in [0.25, 0.3) is 0 Å². The molecule has 1 heterocycles. The lowest BCUT2D eigenvalue weighted by atomic mass is 10.1. The molecule has 0 unspecified atom stereocenters. The number of nitrogens with one attached hydrogen (secondary N) is 2. The number of aryl methyl sites for hydroxylation is 1. The maximum atomic E-state index is 13.6. The molecule has 0 atom stereocenters. The Bertz CT molecular complexity index is 976. The number of nitrogens with zero attached hydrogens (tertiary/aromatic N) is 1. The molecule has 6 nitrogen and oxygen atoms in total. The normalized spacial score (nSPS) is 13.4. The van der Waals surface area contributed by atoms with Crippen LogP contribution in [0.1, 0.15) is 24.5 Å². The van der Waals surface area contributed by atoms with E-state index in [-0.39, 0.29) is 5.75 Å². The third kappa shape index (κ3) is 4.21. The molecular weight excluding hydrogens is 369 g/mol. The Kier molecular flexibility index (Phi) is 5.36. The van der Waals surface area contributed by atoms with Crippen molar-refractivity contribution in [1.29, 1.82) is 0 Å².